The molecule has 0 aliphatic heterocycles. The van der Waals surface area contributed by atoms with E-state index in [-0.39, 0.29) is 0 Å². The molecule has 0 aliphatic carbocycles. The summed E-state index contributed by atoms with van der Waals surface area (Å²) in [5, 5.41) is 0. The summed E-state index contributed by atoms with van der Waals surface area (Å²) >= 11 is 0. The Morgan fingerprint density at radius 2 is 0.875 bits per heavy atom. The molecule has 48 heavy (non-hydrogen) atoms. The number of benzene rings is 4. The number of rotatable bonds is 17. The standard InChI is InChI=1S/C38H44N6O4/c1-43(2)17-19-45-21-23-47-31-11-5-27(6-12-31)37-39-33-15-9-29(25-35(33)41-37)30-10-16-34-36(26-30)42-38(40-34)28-7-13-32(14-8-28)48-24-22-46-20-18-44(3)4/h5-16,25-26H,17-24H2,1-4H3,(H,39,41)(H,40,42). The van der Waals surface area contributed by atoms with Gasteiger partial charge >= 0.3 is 0 Å². The number of H-pyrrole nitrogens is 2. The molecule has 6 aromatic rings. The van der Waals surface area contributed by atoms with Crippen LogP contribution in [-0.2, 0) is 9.47 Å². The monoisotopic (exact) mass is 648 g/mol. The number of aromatic amines is 2. The molecule has 10 heteroatoms. The van der Waals surface area contributed by atoms with Gasteiger partial charge in [0.2, 0.25) is 0 Å². The molecular weight excluding hydrogens is 604 g/mol. The van der Waals surface area contributed by atoms with Gasteiger partial charge in [-0.05, 0) is 112 Å². The average molecular weight is 649 g/mol. The first-order valence-electron chi connectivity index (χ1n) is 16.3. The molecule has 2 N–H and O–H groups in total. The van der Waals surface area contributed by atoms with Crippen molar-refractivity contribution in [3.8, 4) is 45.4 Å². The Hall–Kier alpha value is -4.74. The van der Waals surface area contributed by atoms with E-state index in [2.05, 4.69) is 56.2 Å². The third-order valence-corrected chi connectivity index (χ3v) is 7.91. The van der Waals surface area contributed by atoms with E-state index in [1.807, 2.05) is 76.7 Å². The number of aromatic nitrogens is 4. The first-order valence-corrected chi connectivity index (χ1v) is 16.3. The Morgan fingerprint density at radius 1 is 0.479 bits per heavy atom. The summed E-state index contributed by atoms with van der Waals surface area (Å²) < 4.78 is 22.9. The largest absolute Gasteiger partial charge is 0.491 e. The van der Waals surface area contributed by atoms with Crippen molar-refractivity contribution < 1.29 is 18.9 Å². The van der Waals surface area contributed by atoms with Crippen LogP contribution in [0.4, 0.5) is 0 Å². The minimum atomic E-state index is 0.517. The Morgan fingerprint density at radius 3 is 1.27 bits per heavy atom. The van der Waals surface area contributed by atoms with Gasteiger partial charge in [-0.25, -0.2) is 9.97 Å². The van der Waals surface area contributed by atoms with E-state index in [1.165, 1.54) is 0 Å². The molecular formula is C38H44N6O4. The predicted octanol–water partition coefficient (Wildman–Crippen LogP) is 6.35. The van der Waals surface area contributed by atoms with Crippen LogP contribution in [0.3, 0.4) is 0 Å². The highest BCUT2D eigenvalue weighted by Crippen LogP contribution is 2.30. The van der Waals surface area contributed by atoms with Crippen LogP contribution < -0.4 is 9.47 Å². The van der Waals surface area contributed by atoms with E-state index < -0.39 is 0 Å². The second kappa shape index (κ2) is 15.9. The summed E-state index contributed by atoms with van der Waals surface area (Å²) in [6.45, 7) is 5.35. The van der Waals surface area contributed by atoms with E-state index in [4.69, 9.17) is 28.9 Å². The molecule has 10 nitrogen and oxygen atoms in total. The first-order chi connectivity index (χ1) is 23.4. The van der Waals surface area contributed by atoms with Crippen molar-refractivity contribution in [3.05, 3.63) is 84.9 Å². The molecule has 0 amide bonds. The molecule has 0 saturated heterocycles. The van der Waals surface area contributed by atoms with Crippen LogP contribution in [0.2, 0.25) is 0 Å². The number of nitrogens with one attached hydrogen (secondary N) is 2. The van der Waals surface area contributed by atoms with Gasteiger partial charge in [-0.3, -0.25) is 0 Å². The Labute approximate surface area is 281 Å². The van der Waals surface area contributed by atoms with Crippen molar-refractivity contribution in [2.75, 3.05) is 80.9 Å². The maximum Gasteiger partial charge on any atom is 0.138 e. The number of ether oxygens (including phenoxy) is 4. The van der Waals surface area contributed by atoms with Gasteiger partial charge in [-0.2, -0.15) is 0 Å². The Balaban J connectivity index is 1.07. The van der Waals surface area contributed by atoms with Crippen LogP contribution >= 0.6 is 0 Å². The van der Waals surface area contributed by atoms with Crippen molar-refractivity contribution in [1.29, 1.82) is 0 Å². The summed E-state index contributed by atoms with van der Waals surface area (Å²) in [6, 6.07) is 28.6. The zero-order chi connectivity index (χ0) is 33.3. The summed E-state index contributed by atoms with van der Waals surface area (Å²) in [5.74, 6) is 3.26. The molecule has 0 saturated carbocycles. The zero-order valence-electron chi connectivity index (χ0n) is 28.2. The van der Waals surface area contributed by atoms with Gasteiger partial charge < -0.3 is 38.7 Å². The van der Waals surface area contributed by atoms with Crippen LogP contribution in [0.5, 0.6) is 11.5 Å². The van der Waals surface area contributed by atoms with Crippen molar-refractivity contribution in [1.82, 2.24) is 29.7 Å². The Kier molecular flexibility index (Phi) is 11.0. The van der Waals surface area contributed by atoms with Crippen LogP contribution in [0, 0.1) is 0 Å². The molecule has 4 aromatic carbocycles. The second-order valence-corrected chi connectivity index (χ2v) is 12.2. The summed E-state index contributed by atoms with van der Waals surface area (Å²) in [5.41, 5.74) is 7.97. The van der Waals surface area contributed by atoms with Gasteiger partial charge in [0.15, 0.2) is 0 Å². The minimum Gasteiger partial charge on any atom is -0.491 e. The summed E-state index contributed by atoms with van der Waals surface area (Å²) in [7, 11) is 8.13. The zero-order valence-corrected chi connectivity index (χ0v) is 28.2. The van der Waals surface area contributed by atoms with Crippen molar-refractivity contribution in [2.45, 2.75) is 0 Å². The lowest BCUT2D eigenvalue weighted by Crippen LogP contribution is -2.19. The molecule has 2 aromatic heterocycles. The van der Waals surface area contributed by atoms with E-state index >= 15 is 0 Å². The topological polar surface area (TPSA) is 101 Å². The van der Waals surface area contributed by atoms with Gasteiger partial charge in [0.1, 0.15) is 36.4 Å². The van der Waals surface area contributed by atoms with Gasteiger partial charge in [-0.1, -0.05) is 12.1 Å². The molecule has 2 heterocycles. The number of likely N-dealkylation sites (N-methyl/N-ethyl adjacent to an activating group) is 2. The van der Waals surface area contributed by atoms with E-state index in [0.29, 0.717) is 39.6 Å². The van der Waals surface area contributed by atoms with Crippen molar-refractivity contribution >= 4 is 22.1 Å². The van der Waals surface area contributed by atoms with E-state index in [0.717, 1.165) is 80.6 Å². The highest BCUT2D eigenvalue weighted by atomic mass is 16.5. The lowest BCUT2D eigenvalue weighted by molar-refractivity contribution is 0.0890. The molecule has 0 spiro atoms. The average Bonchev–Trinajstić information content (AvgIpc) is 3.72. The number of imidazole rings is 2. The fourth-order valence-corrected chi connectivity index (χ4v) is 5.21. The number of fused-ring (bicyclic) bond motifs is 2. The smallest absolute Gasteiger partial charge is 0.138 e. The third kappa shape index (κ3) is 8.78. The van der Waals surface area contributed by atoms with Gasteiger partial charge in [0.25, 0.3) is 0 Å². The fourth-order valence-electron chi connectivity index (χ4n) is 5.21. The van der Waals surface area contributed by atoms with E-state index in [9.17, 15) is 0 Å². The quantitative estimate of drug-likeness (QED) is 0.110. The SMILES string of the molecule is CN(C)CCOCCOc1ccc(-c2nc3ccc(-c4ccc5nc(-c6ccc(OCCOCCN(C)C)cc6)[nH]c5c4)cc3[nH]2)cc1. The summed E-state index contributed by atoms with van der Waals surface area (Å²) in [6.07, 6.45) is 0. The van der Waals surface area contributed by atoms with Crippen LogP contribution in [-0.4, -0.2) is 111 Å². The minimum absolute atomic E-state index is 0.517. The van der Waals surface area contributed by atoms with Crippen LogP contribution in [0.1, 0.15) is 0 Å². The molecule has 0 fully saturated rings. The lowest BCUT2D eigenvalue weighted by Gasteiger charge is -2.10. The van der Waals surface area contributed by atoms with Crippen molar-refractivity contribution in [2.24, 2.45) is 0 Å². The Bertz CT molecular complexity index is 1760. The molecule has 250 valence electrons. The lowest BCUT2D eigenvalue weighted by atomic mass is 10.0. The van der Waals surface area contributed by atoms with Gasteiger partial charge in [0, 0.05) is 24.2 Å². The van der Waals surface area contributed by atoms with Gasteiger partial charge in [0.05, 0.1) is 48.5 Å². The van der Waals surface area contributed by atoms with Crippen LogP contribution in [0.25, 0.3) is 56.0 Å². The first kappa shape index (κ1) is 33.2. The maximum atomic E-state index is 5.83. The number of hydrogen-bond donors (Lipinski definition) is 2. The summed E-state index contributed by atoms with van der Waals surface area (Å²) in [4.78, 5) is 20.8. The van der Waals surface area contributed by atoms with E-state index in [1.54, 1.807) is 0 Å². The highest BCUT2D eigenvalue weighted by molar-refractivity contribution is 5.88. The normalized spacial score (nSPS) is 11.7. The molecule has 6 rings (SSSR count). The van der Waals surface area contributed by atoms with Crippen LogP contribution in [0.15, 0.2) is 84.9 Å². The molecule has 0 aliphatic rings. The highest BCUT2D eigenvalue weighted by Gasteiger charge is 2.11. The third-order valence-electron chi connectivity index (χ3n) is 7.91. The second-order valence-electron chi connectivity index (χ2n) is 12.2. The van der Waals surface area contributed by atoms with Crippen molar-refractivity contribution in [3.63, 3.8) is 0 Å². The fraction of sp³-hybridized carbons (Fsp3) is 0.316. The van der Waals surface area contributed by atoms with Gasteiger partial charge in [-0.15, -0.1) is 0 Å². The molecule has 0 atom stereocenters. The predicted molar refractivity (Wildman–Crippen MR) is 192 cm³/mol. The molecule has 0 unspecified atom stereocenters. The molecule has 0 bridgehead atoms. The molecule has 0 radical (unpaired) electrons. The maximum absolute atomic E-state index is 5.83. The number of hydrogen-bond acceptors (Lipinski definition) is 8. The number of nitrogens with zero attached hydrogens (tertiary/aromatic N) is 4.